The molecule has 22 heavy (non-hydrogen) atoms. The van der Waals surface area contributed by atoms with Crippen molar-refractivity contribution in [3.63, 3.8) is 0 Å². The van der Waals surface area contributed by atoms with Crippen molar-refractivity contribution in [2.75, 3.05) is 0 Å². The monoisotopic (exact) mass is 323 g/mol. The number of carbonyl (C=O) groups is 1. The van der Waals surface area contributed by atoms with E-state index in [-0.39, 0.29) is 24.3 Å². The highest BCUT2D eigenvalue weighted by atomic mass is 35.5. The number of aliphatic hydroxyl groups excluding tert-OH is 1. The number of carbonyl (C=O) groups excluding carboxylic acids is 1. The predicted molar refractivity (Wildman–Crippen MR) is 80.3 cm³/mol. The van der Waals surface area contributed by atoms with E-state index in [0.29, 0.717) is 18.0 Å². The van der Waals surface area contributed by atoms with Gasteiger partial charge in [-0.1, -0.05) is 11.6 Å². The Morgan fingerprint density at radius 3 is 3.09 bits per heavy atom. The molecule has 1 unspecified atom stereocenters. The third-order valence-corrected chi connectivity index (χ3v) is 4.16. The molecule has 7 heteroatoms. The van der Waals surface area contributed by atoms with Crippen molar-refractivity contribution in [3.05, 3.63) is 41.6 Å². The molecular formula is C15H18ClN3O3. The first-order chi connectivity index (χ1) is 10.6. The molecular weight excluding hydrogens is 306 g/mol. The number of halogens is 1. The average molecular weight is 324 g/mol. The number of nitrogens with one attached hydrogen (secondary N) is 1. The molecule has 1 aliphatic rings. The Bertz CT molecular complexity index is 626. The molecule has 6 nitrogen and oxygen atoms in total. The molecule has 0 bridgehead atoms. The van der Waals surface area contributed by atoms with E-state index in [2.05, 4.69) is 10.4 Å². The summed E-state index contributed by atoms with van der Waals surface area (Å²) >= 11 is 5.84. The summed E-state index contributed by atoms with van der Waals surface area (Å²) < 4.78 is 6.72. The van der Waals surface area contributed by atoms with E-state index in [4.69, 9.17) is 16.0 Å². The van der Waals surface area contributed by atoms with Gasteiger partial charge in [0.25, 0.3) is 0 Å². The Hall–Kier alpha value is -1.79. The summed E-state index contributed by atoms with van der Waals surface area (Å²) in [5.74, 6) is 0.165. The van der Waals surface area contributed by atoms with Gasteiger partial charge < -0.3 is 14.8 Å². The molecule has 0 saturated heterocycles. The second-order valence-electron chi connectivity index (χ2n) is 5.77. The van der Waals surface area contributed by atoms with Crippen molar-refractivity contribution in [3.8, 4) is 0 Å². The number of hydrogen-bond donors (Lipinski definition) is 2. The molecule has 0 aliphatic heterocycles. The average Bonchev–Trinajstić information content (AvgIpc) is 3.15. The Balaban J connectivity index is 1.51. The lowest BCUT2D eigenvalue weighted by Gasteiger charge is -2.16. The van der Waals surface area contributed by atoms with Crippen molar-refractivity contribution >= 4 is 17.5 Å². The van der Waals surface area contributed by atoms with E-state index in [1.165, 1.54) is 6.26 Å². The fourth-order valence-electron chi connectivity index (χ4n) is 2.96. The summed E-state index contributed by atoms with van der Waals surface area (Å²) in [5.41, 5.74) is 0.827. The molecule has 0 aromatic carbocycles. The van der Waals surface area contributed by atoms with Gasteiger partial charge in [0.15, 0.2) is 0 Å². The Labute approximate surface area is 133 Å². The highest BCUT2D eigenvalue weighted by molar-refractivity contribution is 6.30. The molecule has 0 spiro atoms. The number of nitrogens with zero attached hydrogens (tertiary/aromatic N) is 2. The molecule has 0 radical (unpaired) electrons. The maximum absolute atomic E-state index is 12.0. The highest BCUT2D eigenvalue weighted by Crippen LogP contribution is 2.27. The van der Waals surface area contributed by atoms with Crippen LogP contribution in [0.3, 0.4) is 0 Å². The molecule has 3 rings (SSSR count). The van der Waals surface area contributed by atoms with Crippen molar-refractivity contribution in [2.45, 2.75) is 38.0 Å². The molecule has 2 heterocycles. The fourth-order valence-corrected chi connectivity index (χ4v) is 3.12. The number of amides is 1. The normalized spacial score (nSPS) is 24.5. The van der Waals surface area contributed by atoms with E-state index in [0.717, 1.165) is 12.0 Å². The van der Waals surface area contributed by atoms with Crippen molar-refractivity contribution < 1.29 is 14.3 Å². The van der Waals surface area contributed by atoms with Gasteiger partial charge in [0.2, 0.25) is 5.91 Å². The van der Waals surface area contributed by atoms with Crippen LogP contribution in [0.4, 0.5) is 0 Å². The van der Waals surface area contributed by atoms with E-state index >= 15 is 0 Å². The van der Waals surface area contributed by atoms with Gasteiger partial charge >= 0.3 is 0 Å². The van der Waals surface area contributed by atoms with Crippen LogP contribution in [0.15, 0.2) is 35.4 Å². The van der Waals surface area contributed by atoms with Crippen molar-refractivity contribution in [1.29, 1.82) is 0 Å². The molecule has 2 aromatic rings. The zero-order valence-corrected chi connectivity index (χ0v) is 12.7. The number of aliphatic hydroxyl groups is 1. The second kappa shape index (κ2) is 6.54. The van der Waals surface area contributed by atoms with Crippen LogP contribution in [0.1, 0.15) is 18.4 Å². The van der Waals surface area contributed by atoms with Gasteiger partial charge in [-0.05, 0) is 30.4 Å². The van der Waals surface area contributed by atoms with Gasteiger partial charge in [-0.15, -0.1) is 0 Å². The number of furan rings is 1. The number of aromatic nitrogens is 2. The molecule has 118 valence electrons. The van der Waals surface area contributed by atoms with Crippen molar-refractivity contribution in [1.82, 2.24) is 15.1 Å². The molecule has 2 aromatic heterocycles. The third kappa shape index (κ3) is 3.69. The molecule has 1 aliphatic carbocycles. The Kier molecular flexibility index (Phi) is 4.49. The summed E-state index contributed by atoms with van der Waals surface area (Å²) in [4.78, 5) is 12.0. The van der Waals surface area contributed by atoms with Crippen LogP contribution in [0, 0.1) is 5.92 Å². The minimum Gasteiger partial charge on any atom is -0.472 e. The smallest absolute Gasteiger partial charge is 0.224 e. The standard InChI is InChI=1S/C15H18ClN3O3/c16-12-6-17-19(8-12)7-11-3-13(14(20)4-11)18-15(21)5-10-1-2-22-9-10/h1-2,6,8-9,11,13-14,20H,3-5,7H2,(H,18,21)/t11?,13-,14-/m1/s1. The van der Waals surface area contributed by atoms with Gasteiger partial charge in [-0.3, -0.25) is 9.48 Å². The topological polar surface area (TPSA) is 80.3 Å². The second-order valence-corrected chi connectivity index (χ2v) is 6.20. The van der Waals surface area contributed by atoms with Crippen LogP contribution in [0.2, 0.25) is 5.02 Å². The van der Waals surface area contributed by atoms with Gasteiger partial charge in [-0.25, -0.2) is 0 Å². The zero-order valence-electron chi connectivity index (χ0n) is 12.0. The lowest BCUT2D eigenvalue weighted by molar-refractivity contribution is -0.121. The lowest BCUT2D eigenvalue weighted by Crippen LogP contribution is -2.40. The van der Waals surface area contributed by atoms with E-state index in [1.54, 1.807) is 29.4 Å². The van der Waals surface area contributed by atoms with Crippen LogP contribution in [-0.4, -0.2) is 32.9 Å². The lowest BCUT2D eigenvalue weighted by atomic mass is 10.1. The summed E-state index contributed by atoms with van der Waals surface area (Å²) in [6, 6.07) is 1.55. The van der Waals surface area contributed by atoms with Crippen LogP contribution in [-0.2, 0) is 17.8 Å². The summed E-state index contributed by atoms with van der Waals surface area (Å²) in [7, 11) is 0. The Morgan fingerprint density at radius 1 is 1.55 bits per heavy atom. The van der Waals surface area contributed by atoms with Crippen LogP contribution in [0.25, 0.3) is 0 Å². The van der Waals surface area contributed by atoms with Gasteiger partial charge in [0.1, 0.15) is 0 Å². The fraction of sp³-hybridized carbons (Fsp3) is 0.467. The third-order valence-electron chi connectivity index (χ3n) is 3.96. The first kappa shape index (κ1) is 15.1. The van der Waals surface area contributed by atoms with Crippen LogP contribution in [0.5, 0.6) is 0 Å². The van der Waals surface area contributed by atoms with Crippen LogP contribution >= 0.6 is 11.6 Å². The number of hydrogen-bond acceptors (Lipinski definition) is 4. The first-order valence-corrected chi connectivity index (χ1v) is 7.64. The van der Waals surface area contributed by atoms with Gasteiger partial charge in [0.05, 0.1) is 42.3 Å². The van der Waals surface area contributed by atoms with E-state index in [1.807, 2.05) is 0 Å². The SMILES string of the molecule is O=C(Cc1ccoc1)N[C@@H]1CC(Cn2cc(Cl)cn2)C[C@H]1O. The molecule has 3 atom stereocenters. The predicted octanol–water partition coefficient (Wildman–Crippen LogP) is 1.63. The van der Waals surface area contributed by atoms with E-state index in [9.17, 15) is 9.90 Å². The van der Waals surface area contributed by atoms with Gasteiger partial charge in [-0.2, -0.15) is 5.10 Å². The maximum Gasteiger partial charge on any atom is 0.224 e. The minimum atomic E-state index is -0.524. The van der Waals surface area contributed by atoms with Crippen LogP contribution < -0.4 is 5.32 Å². The molecule has 2 N–H and O–H groups in total. The molecule has 1 fully saturated rings. The van der Waals surface area contributed by atoms with E-state index < -0.39 is 6.10 Å². The Morgan fingerprint density at radius 2 is 2.41 bits per heavy atom. The first-order valence-electron chi connectivity index (χ1n) is 7.26. The number of rotatable bonds is 5. The largest absolute Gasteiger partial charge is 0.472 e. The zero-order chi connectivity index (χ0) is 15.5. The quantitative estimate of drug-likeness (QED) is 0.876. The van der Waals surface area contributed by atoms with Gasteiger partial charge in [0, 0.05) is 12.7 Å². The highest BCUT2D eigenvalue weighted by Gasteiger charge is 2.34. The summed E-state index contributed by atoms with van der Waals surface area (Å²) in [6.45, 7) is 0.692. The maximum atomic E-state index is 12.0. The molecule has 1 amide bonds. The minimum absolute atomic E-state index is 0.103. The summed E-state index contributed by atoms with van der Waals surface area (Å²) in [5, 5.41) is 17.8. The molecule has 1 saturated carbocycles. The summed E-state index contributed by atoms with van der Waals surface area (Å²) in [6.07, 6.45) is 7.57. The van der Waals surface area contributed by atoms with Crippen molar-refractivity contribution in [2.24, 2.45) is 5.92 Å².